The molecule has 1 saturated carbocycles. The van der Waals surface area contributed by atoms with Crippen LogP contribution in [0, 0.1) is 23.6 Å². The topological polar surface area (TPSA) is 44.8 Å². The Morgan fingerprint density at radius 1 is 1.00 bits per heavy atom. The number of carbonyl (C=O) groups is 1. The lowest BCUT2D eigenvalue weighted by molar-refractivity contribution is -0.146. The minimum atomic E-state index is -5.02. The van der Waals surface area contributed by atoms with Crippen LogP contribution in [0.25, 0.3) is 0 Å². The highest BCUT2D eigenvalue weighted by Crippen LogP contribution is 2.43. The maximum atomic E-state index is 14.6. The molecule has 0 aromatic heterocycles. The minimum absolute atomic E-state index is 0.110. The fraction of sp³-hybridized carbons (Fsp3) is 0.731. The average molecular weight is 489 g/mol. The summed E-state index contributed by atoms with van der Waals surface area (Å²) in [5.41, 5.74) is -1.59. The number of alkyl halides is 3. The molecule has 8 heteroatoms. The molecule has 0 radical (unpaired) electrons. The molecule has 4 nitrogen and oxygen atoms in total. The van der Waals surface area contributed by atoms with Crippen LogP contribution in [0.2, 0.25) is 0 Å². The Labute approximate surface area is 199 Å². The van der Waals surface area contributed by atoms with Gasteiger partial charge in [-0.1, -0.05) is 26.7 Å². The van der Waals surface area contributed by atoms with Gasteiger partial charge in [-0.05, 0) is 75.3 Å². The number of carbonyl (C=O) groups excluding carboxylic acids is 1. The first-order valence-corrected chi connectivity index (χ1v) is 12.6. The lowest BCUT2D eigenvalue weighted by atomic mass is 9.73. The number of rotatable bonds is 9. The first kappa shape index (κ1) is 26.8. The van der Waals surface area contributed by atoms with Crippen LogP contribution in [0.15, 0.2) is 12.1 Å². The average Bonchev–Trinajstić information content (AvgIpc) is 2.80. The Hall–Kier alpha value is -1.83. The zero-order chi connectivity index (χ0) is 24.7. The third kappa shape index (κ3) is 6.86. The van der Waals surface area contributed by atoms with Gasteiger partial charge in [-0.15, -0.1) is 0 Å². The SMILES string of the molecule is CCCCOc1ccc(OC(=O)C2CCC(C3CCC(CCC)OC3)CC2)c(C(F)(F)F)c1F. The van der Waals surface area contributed by atoms with Gasteiger partial charge in [-0.2, -0.15) is 13.2 Å². The number of esters is 1. The first-order chi connectivity index (χ1) is 16.2. The number of unbranched alkanes of at least 4 members (excludes halogenated alkanes) is 1. The summed E-state index contributed by atoms with van der Waals surface area (Å²) in [5, 5.41) is 0. The van der Waals surface area contributed by atoms with Crippen LogP contribution >= 0.6 is 0 Å². The normalized spacial score (nSPS) is 25.7. The number of hydrogen-bond acceptors (Lipinski definition) is 4. The summed E-state index contributed by atoms with van der Waals surface area (Å²) in [6.45, 7) is 4.89. The van der Waals surface area contributed by atoms with Gasteiger partial charge in [-0.25, -0.2) is 4.39 Å². The lowest BCUT2D eigenvalue weighted by Crippen LogP contribution is -2.34. The number of hydrogen-bond donors (Lipinski definition) is 0. The molecule has 2 aliphatic rings. The molecule has 0 spiro atoms. The van der Waals surface area contributed by atoms with Gasteiger partial charge in [-0.3, -0.25) is 4.79 Å². The molecule has 1 aliphatic heterocycles. The van der Waals surface area contributed by atoms with E-state index >= 15 is 0 Å². The summed E-state index contributed by atoms with van der Waals surface area (Å²) in [6, 6.07) is 2.07. The molecular weight excluding hydrogens is 452 g/mol. The van der Waals surface area contributed by atoms with Crippen molar-refractivity contribution in [2.24, 2.45) is 17.8 Å². The zero-order valence-corrected chi connectivity index (χ0v) is 20.1. The van der Waals surface area contributed by atoms with Crippen molar-refractivity contribution in [1.82, 2.24) is 0 Å². The van der Waals surface area contributed by atoms with Crippen molar-refractivity contribution in [2.75, 3.05) is 13.2 Å². The van der Waals surface area contributed by atoms with Crippen molar-refractivity contribution < 1.29 is 36.6 Å². The zero-order valence-electron chi connectivity index (χ0n) is 20.1. The highest BCUT2D eigenvalue weighted by Gasteiger charge is 2.41. The number of ether oxygens (including phenoxy) is 3. The van der Waals surface area contributed by atoms with Gasteiger partial charge in [0.05, 0.1) is 25.2 Å². The fourth-order valence-electron chi connectivity index (χ4n) is 5.09. The van der Waals surface area contributed by atoms with E-state index in [4.69, 9.17) is 14.2 Å². The summed E-state index contributed by atoms with van der Waals surface area (Å²) in [4.78, 5) is 12.7. The van der Waals surface area contributed by atoms with Crippen LogP contribution in [-0.4, -0.2) is 25.3 Å². The Morgan fingerprint density at radius 3 is 2.26 bits per heavy atom. The summed E-state index contributed by atoms with van der Waals surface area (Å²) < 4.78 is 71.7. The van der Waals surface area contributed by atoms with Crippen molar-refractivity contribution in [3.63, 3.8) is 0 Å². The second-order valence-electron chi connectivity index (χ2n) is 9.56. The summed E-state index contributed by atoms with van der Waals surface area (Å²) in [6.07, 6.45) is 3.79. The second kappa shape index (κ2) is 12.2. The van der Waals surface area contributed by atoms with E-state index in [-0.39, 0.29) is 6.61 Å². The van der Waals surface area contributed by atoms with Crippen LogP contribution in [0.3, 0.4) is 0 Å². The van der Waals surface area contributed by atoms with E-state index in [1.54, 1.807) is 0 Å². The van der Waals surface area contributed by atoms with E-state index in [2.05, 4.69) is 6.92 Å². The van der Waals surface area contributed by atoms with Crippen LogP contribution in [0.1, 0.15) is 83.6 Å². The molecule has 0 amide bonds. The van der Waals surface area contributed by atoms with E-state index in [0.29, 0.717) is 37.2 Å². The van der Waals surface area contributed by atoms with Gasteiger partial charge in [0.1, 0.15) is 11.3 Å². The maximum absolute atomic E-state index is 14.6. The number of halogens is 4. The second-order valence-corrected chi connectivity index (χ2v) is 9.56. The Bertz CT molecular complexity index is 795. The highest BCUT2D eigenvalue weighted by atomic mass is 19.4. The third-order valence-corrected chi connectivity index (χ3v) is 7.11. The summed E-state index contributed by atoms with van der Waals surface area (Å²) >= 11 is 0. The van der Waals surface area contributed by atoms with Crippen LogP contribution in [-0.2, 0) is 15.7 Å². The van der Waals surface area contributed by atoms with E-state index < -0.39 is 40.9 Å². The lowest BCUT2D eigenvalue weighted by Gasteiger charge is -2.37. The molecule has 34 heavy (non-hydrogen) atoms. The predicted octanol–water partition coefficient (Wildman–Crippen LogP) is 7.33. The largest absolute Gasteiger partial charge is 0.490 e. The van der Waals surface area contributed by atoms with Crippen LogP contribution in [0.4, 0.5) is 17.6 Å². The molecule has 1 saturated heterocycles. The van der Waals surface area contributed by atoms with Gasteiger partial charge in [0.15, 0.2) is 11.6 Å². The standard InChI is InChI=1S/C26H36F4O4/c1-3-5-15-32-22-14-13-21(23(24(22)27)26(28,29)30)34-25(31)18-9-7-17(8-10-18)19-11-12-20(6-4-2)33-16-19/h13-14,17-20H,3-12,15-16H2,1-2H3. The van der Waals surface area contributed by atoms with Crippen LogP contribution in [0.5, 0.6) is 11.5 Å². The highest BCUT2D eigenvalue weighted by molar-refractivity contribution is 5.75. The Morgan fingerprint density at radius 2 is 1.68 bits per heavy atom. The smallest absolute Gasteiger partial charge is 0.422 e. The maximum Gasteiger partial charge on any atom is 0.422 e. The van der Waals surface area contributed by atoms with Crippen molar-refractivity contribution in [3.05, 3.63) is 23.5 Å². The predicted molar refractivity (Wildman–Crippen MR) is 120 cm³/mol. The Balaban J connectivity index is 1.59. The molecule has 0 N–H and O–H groups in total. The molecule has 3 rings (SSSR count). The van der Waals surface area contributed by atoms with Gasteiger partial charge in [0.25, 0.3) is 0 Å². The summed E-state index contributed by atoms with van der Waals surface area (Å²) in [5.74, 6) is -3.13. The van der Waals surface area contributed by atoms with Crippen LogP contribution < -0.4 is 9.47 Å². The van der Waals surface area contributed by atoms with Crippen molar-refractivity contribution in [1.29, 1.82) is 0 Å². The molecule has 1 aromatic carbocycles. The quantitative estimate of drug-likeness (QED) is 0.158. The molecule has 1 aliphatic carbocycles. The Kier molecular flexibility index (Phi) is 9.63. The van der Waals surface area contributed by atoms with Gasteiger partial charge in [0, 0.05) is 0 Å². The summed E-state index contributed by atoms with van der Waals surface area (Å²) in [7, 11) is 0. The first-order valence-electron chi connectivity index (χ1n) is 12.6. The molecule has 2 fully saturated rings. The molecular formula is C26H36F4O4. The molecule has 0 bridgehead atoms. The van der Waals surface area contributed by atoms with E-state index in [9.17, 15) is 22.4 Å². The molecule has 1 heterocycles. The fourth-order valence-corrected chi connectivity index (χ4v) is 5.09. The molecule has 2 unspecified atom stereocenters. The molecule has 192 valence electrons. The molecule has 1 aromatic rings. The third-order valence-electron chi connectivity index (χ3n) is 7.11. The van der Waals surface area contributed by atoms with E-state index in [0.717, 1.165) is 63.7 Å². The van der Waals surface area contributed by atoms with Gasteiger partial charge >= 0.3 is 12.1 Å². The van der Waals surface area contributed by atoms with E-state index in [1.165, 1.54) is 0 Å². The monoisotopic (exact) mass is 488 g/mol. The minimum Gasteiger partial charge on any atom is -0.490 e. The number of benzene rings is 1. The van der Waals surface area contributed by atoms with Crippen molar-refractivity contribution in [2.45, 2.75) is 90.3 Å². The van der Waals surface area contributed by atoms with Crippen molar-refractivity contribution in [3.8, 4) is 11.5 Å². The van der Waals surface area contributed by atoms with Gasteiger partial charge < -0.3 is 14.2 Å². The van der Waals surface area contributed by atoms with Crippen molar-refractivity contribution >= 4 is 5.97 Å². The van der Waals surface area contributed by atoms with Gasteiger partial charge in [0.2, 0.25) is 0 Å². The molecule has 2 atom stereocenters. The van der Waals surface area contributed by atoms with E-state index in [1.807, 2.05) is 6.92 Å².